The zero-order valence-electron chi connectivity index (χ0n) is 20.1. The zero-order valence-corrected chi connectivity index (χ0v) is 23.3. The number of nitrogens with one attached hydrogen (secondary N) is 2. The molecule has 0 fully saturated rings. The van der Waals surface area contributed by atoms with Gasteiger partial charge < -0.3 is 15.5 Å². The number of halogens is 1. The van der Waals surface area contributed by atoms with Gasteiger partial charge in [0.15, 0.2) is 5.78 Å². The first-order chi connectivity index (χ1) is 18.0. The summed E-state index contributed by atoms with van der Waals surface area (Å²) in [6.07, 6.45) is -0.568. The molecule has 13 heteroatoms. The van der Waals surface area contributed by atoms with Crippen molar-refractivity contribution in [2.75, 3.05) is 5.75 Å². The molecular formula is C25H25ClN2O7S3. The van der Waals surface area contributed by atoms with Crippen molar-refractivity contribution in [3.8, 4) is 5.75 Å². The van der Waals surface area contributed by atoms with Crippen LogP contribution in [0.3, 0.4) is 0 Å². The van der Waals surface area contributed by atoms with Crippen LogP contribution in [0.2, 0.25) is 5.02 Å². The minimum atomic E-state index is -3.86. The summed E-state index contributed by atoms with van der Waals surface area (Å²) < 4.78 is 27.6. The number of phenolic OH excluding ortho intramolecular Hbond substituents is 1. The van der Waals surface area contributed by atoms with Crippen LogP contribution in [-0.4, -0.2) is 48.1 Å². The Kier molecular flexibility index (Phi) is 10.3. The third-order valence-electron chi connectivity index (χ3n) is 5.33. The summed E-state index contributed by atoms with van der Waals surface area (Å²) in [6.45, 7) is 1.49. The van der Waals surface area contributed by atoms with Gasteiger partial charge in [-0.25, -0.2) is 13.1 Å². The minimum absolute atomic E-state index is 0.00949. The van der Waals surface area contributed by atoms with Gasteiger partial charge in [-0.2, -0.15) is 0 Å². The average Bonchev–Trinajstić information content (AvgIpc) is 3.34. The van der Waals surface area contributed by atoms with Crippen LogP contribution < -0.4 is 10.0 Å². The Labute approximate surface area is 233 Å². The number of benzene rings is 2. The van der Waals surface area contributed by atoms with E-state index in [1.54, 1.807) is 25.1 Å². The molecule has 4 N–H and O–H groups in total. The van der Waals surface area contributed by atoms with Crippen molar-refractivity contribution in [1.82, 2.24) is 10.0 Å². The number of thiophene rings is 1. The molecule has 1 amide bonds. The first-order valence-electron chi connectivity index (χ1n) is 11.2. The van der Waals surface area contributed by atoms with Crippen molar-refractivity contribution < 1.29 is 33.0 Å². The molecule has 0 spiro atoms. The molecule has 3 rings (SSSR count). The van der Waals surface area contributed by atoms with E-state index < -0.39 is 40.1 Å². The molecule has 3 aromatic rings. The van der Waals surface area contributed by atoms with Crippen molar-refractivity contribution in [3.63, 3.8) is 0 Å². The van der Waals surface area contributed by atoms with E-state index in [0.717, 1.165) is 16.9 Å². The third-order valence-corrected chi connectivity index (χ3v) is 9.19. The van der Waals surface area contributed by atoms with Gasteiger partial charge in [-0.15, -0.1) is 23.1 Å². The SMILES string of the molecule is Cc1cc(S(=O)(=O)NCc2ccc(C(=O)NC(CC(=O)O)C(=O)CSCc3ccccc3Cl)s2)ccc1O. The van der Waals surface area contributed by atoms with Gasteiger partial charge in [0.2, 0.25) is 10.0 Å². The second kappa shape index (κ2) is 13.3. The Hall–Kier alpha value is -2.90. The Bertz CT molecular complexity index is 1440. The lowest BCUT2D eigenvalue weighted by Crippen LogP contribution is -2.43. The summed E-state index contributed by atoms with van der Waals surface area (Å²) in [6, 6.07) is 12.9. The van der Waals surface area contributed by atoms with E-state index in [0.29, 0.717) is 21.2 Å². The summed E-state index contributed by atoms with van der Waals surface area (Å²) >= 11 is 8.40. The minimum Gasteiger partial charge on any atom is -0.508 e. The Morgan fingerprint density at radius 2 is 1.84 bits per heavy atom. The second-order valence-corrected chi connectivity index (χ2v) is 12.5. The molecule has 2 aromatic carbocycles. The predicted octanol–water partition coefficient (Wildman–Crippen LogP) is 3.97. The van der Waals surface area contributed by atoms with Crippen molar-refractivity contribution >= 4 is 62.4 Å². The standard InChI is InChI=1S/C25H25ClN2O7S3/c1-15-10-18(7-8-21(15)29)38(34,35)27-12-17-6-9-23(37-17)25(33)28-20(11-24(31)32)22(30)14-36-13-16-4-2-3-5-19(16)26/h2-10,20,27,29H,11-14H2,1H3,(H,28,33)(H,31,32). The number of phenols is 1. The summed E-state index contributed by atoms with van der Waals surface area (Å²) in [5, 5.41) is 21.9. The van der Waals surface area contributed by atoms with Crippen molar-refractivity contribution in [3.05, 3.63) is 80.5 Å². The normalized spacial score (nSPS) is 12.2. The molecule has 38 heavy (non-hydrogen) atoms. The molecule has 0 radical (unpaired) electrons. The molecule has 9 nitrogen and oxygen atoms in total. The molecule has 0 aliphatic rings. The van der Waals surface area contributed by atoms with Crippen LogP contribution in [0, 0.1) is 6.92 Å². The molecule has 0 aliphatic heterocycles. The number of hydrogen-bond acceptors (Lipinski definition) is 8. The smallest absolute Gasteiger partial charge is 0.305 e. The number of aryl methyl sites for hydroxylation is 1. The molecule has 1 unspecified atom stereocenters. The van der Waals surface area contributed by atoms with Crippen LogP contribution in [0.5, 0.6) is 5.75 Å². The number of carboxylic acid groups (broad SMARTS) is 1. The molecule has 202 valence electrons. The molecule has 1 heterocycles. The fourth-order valence-corrected chi connectivity index (χ4v) is 6.56. The highest BCUT2D eigenvalue weighted by atomic mass is 35.5. The molecule has 1 atom stereocenters. The number of amides is 1. The van der Waals surface area contributed by atoms with Crippen molar-refractivity contribution in [1.29, 1.82) is 0 Å². The monoisotopic (exact) mass is 596 g/mol. The average molecular weight is 597 g/mol. The highest BCUT2D eigenvalue weighted by molar-refractivity contribution is 7.99. The lowest BCUT2D eigenvalue weighted by Gasteiger charge is -2.15. The van der Waals surface area contributed by atoms with Crippen LogP contribution in [0.25, 0.3) is 0 Å². The maximum Gasteiger partial charge on any atom is 0.305 e. The van der Waals surface area contributed by atoms with Crippen LogP contribution in [0.1, 0.15) is 32.1 Å². The number of carbonyl (C=O) groups excluding carboxylic acids is 2. The first kappa shape index (κ1) is 29.7. The highest BCUT2D eigenvalue weighted by Crippen LogP contribution is 2.23. The van der Waals surface area contributed by atoms with Gasteiger partial charge in [0.05, 0.1) is 28.0 Å². The van der Waals surface area contributed by atoms with Gasteiger partial charge in [0.25, 0.3) is 5.91 Å². The molecule has 0 bridgehead atoms. The number of aromatic hydroxyl groups is 1. The highest BCUT2D eigenvalue weighted by Gasteiger charge is 2.25. The van der Waals surface area contributed by atoms with Crippen LogP contribution in [0.15, 0.2) is 59.5 Å². The predicted molar refractivity (Wildman–Crippen MR) is 147 cm³/mol. The number of sulfonamides is 1. The van der Waals surface area contributed by atoms with E-state index in [4.69, 9.17) is 11.6 Å². The third kappa shape index (κ3) is 8.30. The zero-order chi connectivity index (χ0) is 27.9. The van der Waals surface area contributed by atoms with E-state index in [1.165, 1.54) is 36.0 Å². The molecular weight excluding hydrogens is 572 g/mol. The number of hydrogen-bond donors (Lipinski definition) is 4. The van der Waals surface area contributed by atoms with Crippen LogP contribution in [0.4, 0.5) is 0 Å². The van der Waals surface area contributed by atoms with Crippen LogP contribution in [-0.2, 0) is 31.9 Å². The first-order valence-corrected chi connectivity index (χ1v) is 15.0. The van der Waals surface area contributed by atoms with Gasteiger partial charge in [0.1, 0.15) is 5.75 Å². The van der Waals surface area contributed by atoms with E-state index in [1.807, 2.05) is 12.1 Å². The van der Waals surface area contributed by atoms with Crippen molar-refractivity contribution in [2.45, 2.75) is 36.6 Å². The van der Waals surface area contributed by atoms with E-state index in [9.17, 15) is 33.0 Å². The molecule has 0 saturated heterocycles. The van der Waals surface area contributed by atoms with Gasteiger partial charge in [-0.1, -0.05) is 29.8 Å². The molecule has 1 aromatic heterocycles. The van der Waals surface area contributed by atoms with Gasteiger partial charge in [-0.3, -0.25) is 14.4 Å². The number of ketones is 1. The lowest BCUT2D eigenvalue weighted by molar-refractivity contribution is -0.139. The fraction of sp³-hybridized carbons (Fsp3) is 0.240. The van der Waals surface area contributed by atoms with E-state index in [2.05, 4.69) is 10.0 Å². The molecule has 0 saturated carbocycles. The molecule has 0 aliphatic carbocycles. The number of carboxylic acids is 1. The van der Waals surface area contributed by atoms with Gasteiger partial charge in [-0.05, 0) is 54.4 Å². The maximum absolute atomic E-state index is 12.8. The number of rotatable bonds is 13. The topological polar surface area (TPSA) is 150 Å². The number of carbonyl (C=O) groups is 3. The van der Waals surface area contributed by atoms with Crippen molar-refractivity contribution in [2.24, 2.45) is 0 Å². The Morgan fingerprint density at radius 1 is 1.11 bits per heavy atom. The maximum atomic E-state index is 12.8. The summed E-state index contributed by atoms with van der Waals surface area (Å²) in [5.74, 6) is -1.88. The lowest BCUT2D eigenvalue weighted by atomic mass is 10.1. The summed E-state index contributed by atoms with van der Waals surface area (Å²) in [4.78, 5) is 37.5. The largest absolute Gasteiger partial charge is 0.508 e. The van der Waals surface area contributed by atoms with Gasteiger partial charge in [0, 0.05) is 22.2 Å². The number of thioether (sulfide) groups is 1. The van der Waals surface area contributed by atoms with Crippen LogP contribution >= 0.6 is 34.7 Å². The summed E-state index contributed by atoms with van der Waals surface area (Å²) in [5.41, 5.74) is 1.25. The second-order valence-electron chi connectivity index (χ2n) is 8.21. The Balaban J connectivity index is 1.59. The Morgan fingerprint density at radius 3 is 2.53 bits per heavy atom. The van der Waals surface area contributed by atoms with E-state index >= 15 is 0 Å². The quantitative estimate of drug-likeness (QED) is 0.231. The number of aliphatic carboxylic acids is 1. The van der Waals surface area contributed by atoms with E-state index in [-0.39, 0.29) is 27.8 Å². The summed E-state index contributed by atoms with van der Waals surface area (Å²) in [7, 11) is -3.86. The van der Waals surface area contributed by atoms with Gasteiger partial charge >= 0.3 is 5.97 Å². The fourth-order valence-electron chi connectivity index (χ4n) is 3.27. The number of Topliss-reactive ketones (excluding diaryl/α,β-unsaturated/α-hetero) is 1.